The Labute approximate surface area is 139 Å². The van der Waals surface area contributed by atoms with Crippen molar-refractivity contribution in [1.82, 2.24) is 14.9 Å². The predicted molar refractivity (Wildman–Crippen MR) is 90.0 cm³/mol. The number of nitrogens with zero attached hydrogens (tertiary/aromatic N) is 3. The number of likely N-dealkylation sites (tertiary alicyclic amines) is 1. The Balaban J connectivity index is 1.34. The van der Waals surface area contributed by atoms with Crippen LogP contribution in [-0.2, 0) is 4.84 Å². The first-order valence-corrected chi connectivity index (χ1v) is 8.99. The summed E-state index contributed by atoms with van der Waals surface area (Å²) < 4.78 is 0. The van der Waals surface area contributed by atoms with Crippen LogP contribution in [0.3, 0.4) is 0 Å². The summed E-state index contributed by atoms with van der Waals surface area (Å²) in [5, 5.41) is 12.2. The molecule has 1 aromatic rings. The summed E-state index contributed by atoms with van der Waals surface area (Å²) in [6, 6.07) is 4.17. The van der Waals surface area contributed by atoms with Gasteiger partial charge in [0.1, 0.15) is 0 Å². The van der Waals surface area contributed by atoms with Crippen LogP contribution in [0.25, 0.3) is 0 Å². The van der Waals surface area contributed by atoms with Gasteiger partial charge in [0.2, 0.25) is 0 Å². The molecule has 0 radical (unpaired) electrons. The van der Waals surface area contributed by atoms with E-state index in [0.29, 0.717) is 12.5 Å². The van der Waals surface area contributed by atoms with Crippen molar-refractivity contribution in [2.24, 2.45) is 0 Å². The largest absolute Gasteiger partial charge is 0.389 e. The minimum absolute atomic E-state index is 0.385. The van der Waals surface area contributed by atoms with Gasteiger partial charge >= 0.3 is 0 Å². The second kappa shape index (κ2) is 8.73. The van der Waals surface area contributed by atoms with E-state index in [1.807, 2.05) is 23.5 Å². The fraction of sp³-hybridized carbons (Fsp3) is 0.722. The Bertz CT molecular complexity index is 443. The quantitative estimate of drug-likeness (QED) is 0.869. The number of aliphatic hydroxyl groups is 1. The molecule has 2 aliphatic heterocycles. The van der Waals surface area contributed by atoms with Gasteiger partial charge in [0, 0.05) is 32.0 Å². The molecule has 3 heterocycles. The lowest BCUT2D eigenvalue weighted by Crippen LogP contribution is -2.41. The SMILES string of the molecule is OC(CON1CCC(c2cccnc2)CC1)CN1CCCCC1. The van der Waals surface area contributed by atoms with Gasteiger partial charge in [-0.05, 0) is 56.3 Å². The van der Waals surface area contributed by atoms with Crippen LogP contribution in [0, 0.1) is 0 Å². The van der Waals surface area contributed by atoms with Crippen LogP contribution in [-0.4, -0.2) is 65.5 Å². The molecule has 0 spiro atoms. The number of β-amino-alcohol motifs (C(OH)–C–C–N with tert-alkyl or cyclic N) is 1. The molecule has 1 atom stereocenters. The normalized spacial score (nSPS) is 23.0. The summed E-state index contributed by atoms with van der Waals surface area (Å²) >= 11 is 0. The number of rotatable bonds is 6. The van der Waals surface area contributed by atoms with E-state index in [0.717, 1.165) is 45.6 Å². The van der Waals surface area contributed by atoms with E-state index in [4.69, 9.17) is 4.84 Å². The smallest absolute Gasteiger partial charge is 0.0957 e. The molecular formula is C18H29N3O2. The van der Waals surface area contributed by atoms with Crippen molar-refractivity contribution in [1.29, 1.82) is 0 Å². The van der Waals surface area contributed by atoms with Crippen LogP contribution in [0.2, 0.25) is 0 Å². The third-order valence-corrected chi connectivity index (χ3v) is 4.98. The van der Waals surface area contributed by atoms with Crippen LogP contribution >= 0.6 is 0 Å². The highest BCUT2D eigenvalue weighted by molar-refractivity contribution is 5.15. The van der Waals surface area contributed by atoms with E-state index in [2.05, 4.69) is 16.0 Å². The van der Waals surface area contributed by atoms with Gasteiger partial charge in [-0.3, -0.25) is 9.82 Å². The first kappa shape index (κ1) is 16.8. The van der Waals surface area contributed by atoms with E-state index in [9.17, 15) is 5.11 Å². The molecule has 3 rings (SSSR count). The molecule has 5 nitrogen and oxygen atoms in total. The molecular weight excluding hydrogens is 290 g/mol. The molecule has 2 saturated heterocycles. The van der Waals surface area contributed by atoms with Crippen molar-refractivity contribution in [3.8, 4) is 0 Å². The topological polar surface area (TPSA) is 48.8 Å². The first-order chi connectivity index (χ1) is 11.3. The number of hydrogen-bond donors (Lipinski definition) is 1. The van der Waals surface area contributed by atoms with Crippen LogP contribution in [0.1, 0.15) is 43.6 Å². The monoisotopic (exact) mass is 319 g/mol. The van der Waals surface area contributed by atoms with E-state index in [-0.39, 0.29) is 6.10 Å². The van der Waals surface area contributed by atoms with Gasteiger partial charge in [-0.15, -0.1) is 0 Å². The fourth-order valence-corrected chi connectivity index (χ4v) is 3.62. The number of aliphatic hydroxyl groups excluding tert-OH is 1. The molecule has 0 amide bonds. The second-order valence-corrected chi connectivity index (χ2v) is 6.80. The number of piperidine rings is 2. The highest BCUT2D eigenvalue weighted by Gasteiger charge is 2.22. The zero-order chi connectivity index (χ0) is 15.9. The van der Waals surface area contributed by atoms with E-state index >= 15 is 0 Å². The van der Waals surface area contributed by atoms with Crippen LogP contribution < -0.4 is 0 Å². The third-order valence-electron chi connectivity index (χ3n) is 4.98. The minimum Gasteiger partial charge on any atom is -0.389 e. The van der Waals surface area contributed by atoms with Gasteiger partial charge in [0.15, 0.2) is 0 Å². The number of hydrogen-bond acceptors (Lipinski definition) is 5. The lowest BCUT2D eigenvalue weighted by atomic mass is 9.91. The molecule has 5 heteroatoms. The van der Waals surface area contributed by atoms with Crippen molar-refractivity contribution >= 4 is 0 Å². The minimum atomic E-state index is -0.385. The summed E-state index contributed by atoms with van der Waals surface area (Å²) in [5.41, 5.74) is 1.33. The maximum atomic E-state index is 10.2. The molecule has 0 aromatic carbocycles. The molecule has 1 N–H and O–H groups in total. The van der Waals surface area contributed by atoms with E-state index < -0.39 is 0 Å². The van der Waals surface area contributed by atoms with Gasteiger partial charge in [-0.2, -0.15) is 5.06 Å². The summed E-state index contributed by atoms with van der Waals surface area (Å²) in [6.07, 6.45) is 9.45. The average molecular weight is 319 g/mol. The van der Waals surface area contributed by atoms with Gasteiger partial charge in [-0.1, -0.05) is 12.5 Å². The number of aromatic nitrogens is 1. The highest BCUT2D eigenvalue weighted by atomic mass is 16.7. The molecule has 23 heavy (non-hydrogen) atoms. The average Bonchev–Trinajstić information content (AvgIpc) is 2.62. The van der Waals surface area contributed by atoms with Gasteiger partial charge in [0.25, 0.3) is 0 Å². The maximum Gasteiger partial charge on any atom is 0.0957 e. The van der Waals surface area contributed by atoms with Crippen LogP contribution in [0.15, 0.2) is 24.5 Å². The maximum absolute atomic E-state index is 10.2. The summed E-state index contributed by atoms with van der Waals surface area (Å²) in [5.74, 6) is 0.585. The standard InChI is InChI=1S/C18H29N3O2/c22-18(14-20-9-2-1-3-10-20)15-23-21-11-6-16(7-12-21)17-5-4-8-19-13-17/h4-5,8,13,16,18,22H,1-3,6-7,9-12,14-15H2. The van der Waals surface area contributed by atoms with Gasteiger partial charge in [-0.25, -0.2) is 0 Å². The Morgan fingerprint density at radius 3 is 2.65 bits per heavy atom. The van der Waals surface area contributed by atoms with Crippen molar-refractivity contribution in [3.63, 3.8) is 0 Å². The highest BCUT2D eigenvalue weighted by Crippen LogP contribution is 2.27. The number of pyridine rings is 1. The van der Waals surface area contributed by atoms with Crippen molar-refractivity contribution < 1.29 is 9.94 Å². The van der Waals surface area contributed by atoms with Crippen LogP contribution in [0.5, 0.6) is 0 Å². The molecule has 0 bridgehead atoms. The summed E-state index contributed by atoms with van der Waals surface area (Å²) in [7, 11) is 0. The lowest BCUT2D eigenvalue weighted by Gasteiger charge is -2.33. The second-order valence-electron chi connectivity index (χ2n) is 6.80. The van der Waals surface area contributed by atoms with E-state index in [1.54, 1.807) is 0 Å². The molecule has 128 valence electrons. The van der Waals surface area contributed by atoms with Crippen molar-refractivity contribution in [3.05, 3.63) is 30.1 Å². The lowest BCUT2D eigenvalue weighted by molar-refractivity contribution is -0.190. The predicted octanol–water partition coefficient (Wildman–Crippen LogP) is 2.04. The van der Waals surface area contributed by atoms with Crippen molar-refractivity contribution in [2.75, 3.05) is 39.3 Å². The van der Waals surface area contributed by atoms with Gasteiger partial charge < -0.3 is 10.0 Å². The summed E-state index contributed by atoms with van der Waals surface area (Å²) in [4.78, 5) is 12.4. The Morgan fingerprint density at radius 2 is 1.96 bits per heavy atom. The fourth-order valence-electron chi connectivity index (χ4n) is 3.62. The first-order valence-electron chi connectivity index (χ1n) is 8.99. The molecule has 0 aliphatic carbocycles. The third kappa shape index (κ3) is 5.24. The zero-order valence-electron chi connectivity index (χ0n) is 13.9. The molecule has 2 fully saturated rings. The Hall–Kier alpha value is -1.01. The molecule has 1 aromatic heterocycles. The van der Waals surface area contributed by atoms with Crippen molar-refractivity contribution in [2.45, 2.75) is 44.1 Å². The Kier molecular flexibility index (Phi) is 6.39. The van der Waals surface area contributed by atoms with E-state index in [1.165, 1.54) is 24.8 Å². The zero-order valence-corrected chi connectivity index (χ0v) is 13.9. The number of hydroxylamine groups is 2. The summed E-state index contributed by atoms with van der Waals surface area (Å²) in [6.45, 7) is 5.24. The molecule has 1 unspecified atom stereocenters. The Morgan fingerprint density at radius 1 is 1.17 bits per heavy atom. The van der Waals surface area contributed by atoms with Crippen LogP contribution in [0.4, 0.5) is 0 Å². The molecule has 0 saturated carbocycles. The van der Waals surface area contributed by atoms with Gasteiger partial charge in [0.05, 0.1) is 12.7 Å². The molecule has 2 aliphatic rings.